The molecule has 1 heterocycles. The molecule has 1 atom stereocenters. The molecule has 0 unspecified atom stereocenters. The van der Waals surface area contributed by atoms with E-state index in [2.05, 4.69) is 23.2 Å². The number of hydrogen-bond acceptors (Lipinski definition) is 4. The van der Waals surface area contributed by atoms with Gasteiger partial charge in [-0.2, -0.15) is 5.26 Å². The van der Waals surface area contributed by atoms with Crippen molar-refractivity contribution in [2.75, 3.05) is 26.2 Å². The Morgan fingerprint density at radius 3 is 2.85 bits per heavy atom. The Hall–Kier alpha value is -1.70. The van der Waals surface area contributed by atoms with Crippen molar-refractivity contribution >= 4 is 5.71 Å². The molecule has 1 saturated heterocycles. The molecule has 1 aromatic carbocycles. The van der Waals surface area contributed by atoms with Crippen molar-refractivity contribution in [3.8, 4) is 6.07 Å². The molecule has 0 amide bonds. The van der Waals surface area contributed by atoms with Crippen LogP contribution in [0, 0.1) is 16.7 Å². The summed E-state index contributed by atoms with van der Waals surface area (Å²) >= 11 is 0. The molecule has 0 saturated carbocycles. The highest BCUT2D eigenvalue weighted by Crippen LogP contribution is 2.07. The Kier molecular flexibility index (Phi) is 5.28. The Labute approximate surface area is 120 Å². The van der Waals surface area contributed by atoms with E-state index in [-0.39, 0.29) is 0 Å². The monoisotopic (exact) mass is 270 g/mol. The van der Waals surface area contributed by atoms with Crippen molar-refractivity contribution in [3.63, 3.8) is 0 Å². The highest BCUT2D eigenvalue weighted by atomic mass is 15.2. The van der Waals surface area contributed by atoms with Gasteiger partial charge in [0.05, 0.1) is 11.6 Å². The maximum absolute atomic E-state index is 8.76. The van der Waals surface area contributed by atoms with Crippen LogP contribution in [0.3, 0.4) is 0 Å². The molecule has 1 fully saturated rings. The first-order valence-corrected chi connectivity index (χ1v) is 7.18. The fraction of sp³-hybridized carbons (Fsp3) is 0.500. The van der Waals surface area contributed by atoms with E-state index in [0.29, 0.717) is 18.0 Å². The number of hydrogen-bond donors (Lipinski definition) is 2. The van der Waals surface area contributed by atoms with Crippen LogP contribution in [0.5, 0.6) is 0 Å². The quantitative estimate of drug-likeness (QED) is 0.802. The SMILES string of the molecule is C[C@H]1CN(CCC(=N)Cc2ccc(C#N)cc2)CCN1. The summed E-state index contributed by atoms with van der Waals surface area (Å²) in [6.45, 7) is 6.37. The highest BCUT2D eigenvalue weighted by Gasteiger charge is 2.15. The number of benzene rings is 1. The summed E-state index contributed by atoms with van der Waals surface area (Å²) in [6, 6.07) is 10.2. The topological polar surface area (TPSA) is 62.9 Å². The van der Waals surface area contributed by atoms with Gasteiger partial charge in [-0.1, -0.05) is 12.1 Å². The number of rotatable bonds is 5. The predicted molar refractivity (Wildman–Crippen MR) is 81.1 cm³/mol. The molecule has 4 heteroatoms. The maximum Gasteiger partial charge on any atom is 0.0991 e. The van der Waals surface area contributed by atoms with Crippen LogP contribution in [0.25, 0.3) is 0 Å². The minimum absolute atomic E-state index is 0.552. The summed E-state index contributed by atoms with van der Waals surface area (Å²) in [7, 11) is 0. The second kappa shape index (κ2) is 7.18. The second-order valence-electron chi connectivity index (χ2n) is 5.49. The molecular weight excluding hydrogens is 248 g/mol. The van der Waals surface area contributed by atoms with Crippen molar-refractivity contribution in [2.45, 2.75) is 25.8 Å². The van der Waals surface area contributed by atoms with E-state index >= 15 is 0 Å². The normalized spacial score (nSPS) is 19.5. The van der Waals surface area contributed by atoms with Gasteiger partial charge in [0, 0.05) is 44.4 Å². The van der Waals surface area contributed by atoms with Crippen molar-refractivity contribution in [3.05, 3.63) is 35.4 Å². The van der Waals surface area contributed by atoms with Crippen LogP contribution in [-0.4, -0.2) is 42.8 Å². The van der Waals surface area contributed by atoms with E-state index in [1.54, 1.807) is 0 Å². The van der Waals surface area contributed by atoms with E-state index in [0.717, 1.165) is 43.9 Å². The van der Waals surface area contributed by atoms with E-state index in [1.807, 2.05) is 24.3 Å². The van der Waals surface area contributed by atoms with Gasteiger partial charge in [-0.3, -0.25) is 0 Å². The smallest absolute Gasteiger partial charge is 0.0991 e. The Morgan fingerprint density at radius 1 is 1.45 bits per heavy atom. The lowest BCUT2D eigenvalue weighted by molar-refractivity contribution is 0.212. The van der Waals surface area contributed by atoms with Gasteiger partial charge in [0.2, 0.25) is 0 Å². The first-order chi connectivity index (χ1) is 9.67. The van der Waals surface area contributed by atoms with Crippen LogP contribution < -0.4 is 5.32 Å². The van der Waals surface area contributed by atoms with E-state index in [9.17, 15) is 0 Å². The summed E-state index contributed by atoms with van der Waals surface area (Å²) in [5.74, 6) is 0. The van der Waals surface area contributed by atoms with Crippen molar-refractivity contribution < 1.29 is 0 Å². The standard InChI is InChI=1S/C16H22N4/c1-13-12-20(9-7-19-13)8-6-16(18)10-14-2-4-15(11-17)5-3-14/h2-5,13,18-19H,6-10,12H2,1H3/t13-/m0/s1. The minimum atomic E-state index is 0.552. The molecule has 2 rings (SSSR count). The largest absolute Gasteiger partial charge is 0.312 e. The summed E-state index contributed by atoms with van der Waals surface area (Å²) in [5, 5.41) is 20.3. The van der Waals surface area contributed by atoms with Gasteiger partial charge in [-0.25, -0.2) is 0 Å². The van der Waals surface area contributed by atoms with Gasteiger partial charge < -0.3 is 15.6 Å². The van der Waals surface area contributed by atoms with Crippen molar-refractivity contribution in [1.82, 2.24) is 10.2 Å². The molecule has 0 spiro atoms. The molecule has 0 radical (unpaired) electrons. The molecular formula is C16H22N4. The zero-order valence-electron chi connectivity index (χ0n) is 12.0. The Bertz CT molecular complexity index is 486. The third-order valence-corrected chi connectivity index (χ3v) is 3.68. The zero-order valence-corrected chi connectivity index (χ0v) is 12.0. The first-order valence-electron chi connectivity index (χ1n) is 7.18. The predicted octanol–water partition coefficient (Wildman–Crippen LogP) is 1.80. The molecule has 0 aliphatic carbocycles. The summed E-state index contributed by atoms with van der Waals surface area (Å²) in [6.07, 6.45) is 1.51. The lowest BCUT2D eigenvalue weighted by Crippen LogP contribution is -2.49. The van der Waals surface area contributed by atoms with Crippen LogP contribution >= 0.6 is 0 Å². The molecule has 106 valence electrons. The molecule has 0 bridgehead atoms. The molecule has 1 aliphatic rings. The lowest BCUT2D eigenvalue weighted by Gasteiger charge is -2.31. The van der Waals surface area contributed by atoms with Gasteiger partial charge in [0.25, 0.3) is 0 Å². The summed E-state index contributed by atoms with van der Waals surface area (Å²) < 4.78 is 0. The van der Waals surface area contributed by atoms with Gasteiger partial charge in [0.15, 0.2) is 0 Å². The minimum Gasteiger partial charge on any atom is -0.312 e. The number of nitriles is 1. The number of nitrogens with one attached hydrogen (secondary N) is 2. The van der Waals surface area contributed by atoms with E-state index < -0.39 is 0 Å². The average molecular weight is 270 g/mol. The van der Waals surface area contributed by atoms with Crippen LogP contribution in [-0.2, 0) is 6.42 Å². The van der Waals surface area contributed by atoms with E-state index in [4.69, 9.17) is 10.7 Å². The van der Waals surface area contributed by atoms with Crippen LogP contribution in [0.2, 0.25) is 0 Å². The van der Waals surface area contributed by atoms with Gasteiger partial charge in [0.1, 0.15) is 0 Å². The zero-order chi connectivity index (χ0) is 14.4. The van der Waals surface area contributed by atoms with Crippen molar-refractivity contribution in [1.29, 1.82) is 10.7 Å². The molecule has 20 heavy (non-hydrogen) atoms. The molecule has 4 nitrogen and oxygen atoms in total. The number of nitrogens with zero attached hydrogens (tertiary/aromatic N) is 2. The maximum atomic E-state index is 8.76. The second-order valence-corrected chi connectivity index (χ2v) is 5.49. The van der Waals surface area contributed by atoms with Crippen LogP contribution in [0.15, 0.2) is 24.3 Å². The first kappa shape index (κ1) is 14.7. The third kappa shape index (κ3) is 4.44. The summed E-state index contributed by atoms with van der Waals surface area (Å²) in [4.78, 5) is 2.43. The molecule has 0 aromatic heterocycles. The fourth-order valence-electron chi connectivity index (χ4n) is 2.54. The summed E-state index contributed by atoms with van der Waals surface area (Å²) in [5.41, 5.74) is 2.55. The Morgan fingerprint density at radius 2 is 2.20 bits per heavy atom. The van der Waals surface area contributed by atoms with Crippen molar-refractivity contribution in [2.24, 2.45) is 0 Å². The average Bonchev–Trinajstić information content (AvgIpc) is 2.46. The fourth-order valence-corrected chi connectivity index (χ4v) is 2.54. The molecule has 1 aliphatic heterocycles. The highest BCUT2D eigenvalue weighted by molar-refractivity contribution is 5.83. The van der Waals surface area contributed by atoms with Crippen LogP contribution in [0.1, 0.15) is 24.5 Å². The van der Waals surface area contributed by atoms with Gasteiger partial charge >= 0.3 is 0 Å². The van der Waals surface area contributed by atoms with Crippen LogP contribution in [0.4, 0.5) is 0 Å². The van der Waals surface area contributed by atoms with Gasteiger partial charge in [-0.05, 0) is 31.0 Å². The van der Waals surface area contributed by atoms with E-state index in [1.165, 1.54) is 0 Å². The third-order valence-electron chi connectivity index (χ3n) is 3.68. The molecule has 1 aromatic rings. The van der Waals surface area contributed by atoms with Gasteiger partial charge in [-0.15, -0.1) is 0 Å². The molecule has 2 N–H and O–H groups in total. The lowest BCUT2D eigenvalue weighted by atomic mass is 10.0. The number of piperazine rings is 1. The Balaban J connectivity index is 1.76.